The second kappa shape index (κ2) is 9.40. The van der Waals surface area contributed by atoms with Crippen molar-refractivity contribution in [2.75, 3.05) is 10.6 Å². The van der Waals surface area contributed by atoms with E-state index < -0.39 is 5.97 Å². The largest absolute Gasteiger partial charge is 0.478 e. The molecule has 7 heteroatoms. The van der Waals surface area contributed by atoms with Crippen LogP contribution in [-0.2, 0) is 4.79 Å². The van der Waals surface area contributed by atoms with Gasteiger partial charge in [0.1, 0.15) is 0 Å². The summed E-state index contributed by atoms with van der Waals surface area (Å²) in [4.78, 5) is 35.6. The van der Waals surface area contributed by atoms with Gasteiger partial charge < -0.3 is 15.7 Å². The molecule has 0 bridgehead atoms. The zero-order chi connectivity index (χ0) is 19.8. The number of allylic oxidation sites excluding steroid dienone is 1. The summed E-state index contributed by atoms with van der Waals surface area (Å²) in [6, 6.07) is 12.3. The number of nitrogens with one attached hydrogen (secondary N) is 2. The van der Waals surface area contributed by atoms with Gasteiger partial charge in [-0.05, 0) is 54.8 Å². The molecule has 138 valence electrons. The maximum absolute atomic E-state index is 12.4. The van der Waals surface area contributed by atoms with E-state index in [1.165, 1.54) is 36.0 Å². The van der Waals surface area contributed by atoms with Gasteiger partial charge in [-0.3, -0.25) is 9.59 Å². The number of carbonyl (C=O) groups is 3. The number of benzene rings is 2. The van der Waals surface area contributed by atoms with E-state index in [1.807, 2.05) is 6.92 Å². The van der Waals surface area contributed by atoms with Crippen molar-refractivity contribution in [2.24, 2.45) is 0 Å². The third kappa shape index (κ3) is 5.86. The first kappa shape index (κ1) is 20.0. The van der Waals surface area contributed by atoms with Crippen LogP contribution in [0.4, 0.5) is 11.4 Å². The zero-order valence-electron chi connectivity index (χ0n) is 14.6. The van der Waals surface area contributed by atoms with Crippen molar-refractivity contribution in [1.29, 1.82) is 0 Å². The molecule has 0 spiro atoms. The van der Waals surface area contributed by atoms with E-state index in [4.69, 9.17) is 5.11 Å². The molecule has 0 radical (unpaired) electrons. The lowest BCUT2D eigenvalue weighted by Gasteiger charge is -2.09. The van der Waals surface area contributed by atoms with Gasteiger partial charge >= 0.3 is 5.97 Å². The highest BCUT2D eigenvalue weighted by Gasteiger charge is 2.11. The van der Waals surface area contributed by atoms with Crippen LogP contribution in [0.15, 0.2) is 71.5 Å². The smallest absolute Gasteiger partial charge is 0.335 e. The molecule has 6 nitrogen and oxygen atoms in total. The molecule has 27 heavy (non-hydrogen) atoms. The predicted molar refractivity (Wildman–Crippen MR) is 108 cm³/mol. The van der Waals surface area contributed by atoms with Crippen LogP contribution < -0.4 is 10.6 Å². The van der Waals surface area contributed by atoms with Gasteiger partial charge in [0, 0.05) is 16.9 Å². The highest BCUT2D eigenvalue weighted by Crippen LogP contribution is 2.19. The fourth-order valence-corrected chi connectivity index (χ4v) is 2.50. The molecule has 0 atom stereocenters. The quantitative estimate of drug-likeness (QED) is 0.619. The minimum atomic E-state index is -1.04. The lowest BCUT2D eigenvalue weighted by Crippen LogP contribution is -2.14. The Morgan fingerprint density at radius 1 is 1.00 bits per heavy atom. The zero-order valence-corrected chi connectivity index (χ0v) is 15.4. The monoisotopic (exact) mass is 382 g/mol. The summed E-state index contributed by atoms with van der Waals surface area (Å²) in [6.45, 7) is 5.54. The average molecular weight is 382 g/mol. The van der Waals surface area contributed by atoms with E-state index >= 15 is 0 Å². The molecule has 0 aliphatic carbocycles. The number of hydrogen-bond acceptors (Lipinski definition) is 4. The van der Waals surface area contributed by atoms with Crippen LogP contribution in [-0.4, -0.2) is 22.9 Å². The van der Waals surface area contributed by atoms with Crippen LogP contribution in [0.3, 0.4) is 0 Å². The number of amides is 2. The normalized spacial score (nSPS) is 10.4. The van der Waals surface area contributed by atoms with Crippen molar-refractivity contribution in [2.45, 2.75) is 6.92 Å². The molecule has 0 fully saturated rings. The molecule has 0 aromatic heterocycles. The molecule has 3 N–H and O–H groups in total. The molecule has 0 heterocycles. The van der Waals surface area contributed by atoms with Gasteiger partial charge in [0.2, 0.25) is 0 Å². The Morgan fingerprint density at radius 3 is 2.33 bits per heavy atom. The Kier molecular flexibility index (Phi) is 6.96. The van der Waals surface area contributed by atoms with E-state index in [9.17, 15) is 14.4 Å². The Labute approximate surface area is 161 Å². The third-order valence-electron chi connectivity index (χ3n) is 3.37. The Balaban J connectivity index is 2.05. The average Bonchev–Trinajstić information content (AvgIpc) is 2.66. The van der Waals surface area contributed by atoms with Gasteiger partial charge in [0.15, 0.2) is 0 Å². The number of anilines is 2. The number of rotatable bonds is 7. The maximum Gasteiger partial charge on any atom is 0.335 e. The molecule has 0 saturated heterocycles. The molecule has 2 aromatic carbocycles. The van der Waals surface area contributed by atoms with Gasteiger partial charge in [0.25, 0.3) is 11.8 Å². The van der Waals surface area contributed by atoms with E-state index in [-0.39, 0.29) is 17.4 Å². The Bertz CT molecular complexity index is 904. The highest BCUT2D eigenvalue weighted by atomic mass is 32.2. The van der Waals surface area contributed by atoms with Crippen molar-refractivity contribution in [3.05, 3.63) is 82.6 Å². The topological polar surface area (TPSA) is 95.5 Å². The maximum atomic E-state index is 12.4. The van der Waals surface area contributed by atoms with Crippen molar-refractivity contribution in [1.82, 2.24) is 0 Å². The molecule has 0 aliphatic heterocycles. The SMILES string of the molecule is C=C(S/C=C\C)C(=O)Nc1cccc(C(=O)Nc2ccc(C(=O)O)cc2)c1. The first-order valence-corrected chi connectivity index (χ1v) is 8.81. The standard InChI is InChI=1S/C20H18N2O4S/c1-3-11-27-13(2)18(23)22-17-6-4-5-15(12-17)19(24)21-16-9-7-14(8-10-16)20(25)26/h3-12H,2H2,1H3,(H,21,24)(H,22,23)(H,25,26)/b11-3-. The van der Waals surface area contributed by atoms with E-state index in [2.05, 4.69) is 17.2 Å². The minimum Gasteiger partial charge on any atom is -0.478 e. The summed E-state index contributed by atoms with van der Waals surface area (Å²) in [5.74, 6) is -1.76. The summed E-state index contributed by atoms with van der Waals surface area (Å²) in [6.07, 6.45) is 1.80. The summed E-state index contributed by atoms with van der Waals surface area (Å²) in [7, 11) is 0. The summed E-state index contributed by atoms with van der Waals surface area (Å²) in [5, 5.41) is 16.0. The van der Waals surface area contributed by atoms with Crippen LogP contribution in [0.25, 0.3) is 0 Å². The van der Waals surface area contributed by atoms with Gasteiger partial charge in [-0.25, -0.2) is 4.79 Å². The third-order valence-corrected chi connectivity index (χ3v) is 4.25. The predicted octanol–water partition coefficient (Wildman–Crippen LogP) is 4.36. The first-order valence-electron chi connectivity index (χ1n) is 7.93. The summed E-state index contributed by atoms with van der Waals surface area (Å²) in [5.41, 5.74) is 1.42. The number of carboxylic acids is 1. The van der Waals surface area contributed by atoms with Crippen molar-refractivity contribution in [3.8, 4) is 0 Å². The fourth-order valence-electron chi connectivity index (χ4n) is 2.04. The number of thioether (sulfide) groups is 1. The highest BCUT2D eigenvalue weighted by molar-refractivity contribution is 8.06. The second-order valence-electron chi connectivity index (χ2n) is 5.38. The summed E-state index contributed by atoms with van der Waals surface area (Å²) < 4.78 is 0. The number of carboxylic acid groups (broad SMARTS) is 1. The molecule has 0 aliphatic rings. The molecule has 0 saturated carbocycles. The molecule has 0 unspecified atom stereocenters. The van der Waals surface area contributed by atoms with Crippen LogP contribution in [0.2, 0.25) is 0 Å². The van der Waals surface area contributed by atoms with Gasteiger partial charge in [-0.1, -0.05) is 30.5 Å². The van der Waals surface area contributed by atoms with Crippen LogP contribution in [0.5, 0.6) is 0 Å². The summed E-state index contributed by atoms with van der Waals surface area (Å²) >= 11 is 1.21. The molecule has 2 amide bonds. The van der Waals surface area contributed by atoms with Crippen LogP contribution >= 0.6 is 11.8 Å². The van der Waals surface area contributed by atoms with E-state index in [0.717, 1.165) is 0 Å². The molecule has 2 rings (SSSR count). The Morgan fingerprint density at radius 2 is 1.70 bits per heavy atom. The van der Waals surface area contributed by atoms with Gasteiger partial charge in [-0.2, -0.15) is 0 Å². The minimum absolute atomic E-state index is 0.133. The number of hydrogen-bond donors (Lipinski definition) is 3. The molecular weight excluding hydrogens is 364 g/mol. The first-order chi connectivity index (χ1) is 12.9. The van der Waals surface area contributed by atoms with Crippen LogP contribution in [0.1, 0.15) is 27.6 Å². The Hall–Kier alpha value is -3.32. The second-order valence-corrected chi connectivity index (χ2v) is 6.38. The van der Waals surface area contributed by atoms with Crippen molar-refractivity contribution >= 4 is 40.9 Å². The molecule has 2 aromatic rings. The lowest BCUT2D eigenvalue weighted by atomic mass is 10.1. The van der Waals surface area contributed by atoms with E-state index in [1.54, 1.807) is 35.7 Å². The molecular formula is C20H18N2O4S. The van der Waals surface area contributed by atoms with Gasteiger partial charge in [-0.15, -0.1) is 0 Å². The van der Waals surface area contributed by atoms with Crippen LogP contribution in [0, 0.1) is 0 Å². The fraction of sp³-hybridized carbons (Fsp3) is 0.0500. The number of aromatic carboxylic acids is 1. The van der Waals surface area contributed by atoms with Gasteiger partial charge in [0.05, 0.1) is 10.5 Å². The number of carbonyl (C=O) groups excluding carboxylic acids is 2. The lowest BCUT2D eigenvalue weighted by molar-refractivity contribution is -0.112. The van der Waals surface area contributed by atoms with E-state index in [0.29, 0.717) is 21.8 Å². The van der Waals surface area contributed by atoms with Crippen molar-refractivity contribution in [3.63, 3.8) is 0 Å². The van der Waals surface area contributed by atoms with Crippen molar-refractivity contribution < 1.29 is 19.5 Å².